The van der Waals surface area contributed by atoms with Crippen LogP contribution >= 0.6 is 11.3 Å². The van der Waals surface area contributed by atoms with Crippen LogP contribution in [0.15, 0.2) is 40.6 Å². The number of piperidine rings is 1. The highest BCUT2D eigenvalue weighted by atomic mass is 32.2. The van der Waals surface area contributed by atoms with Crippen LogP contribution in [0, 0.1) is 6.92 Å². The Morgan fingerprint density at radius 2 is 1.70 bits per heavy atom. The van der Waals surface area contributed by atoms with E-state index in [0.717, 1.165) is 37.2 Å². The fourth-order valence-corrected chi connectivity index (χ4v) is 7.14. The second-order valence-electron chi connectivity index (χ2n) is 8.07. The average Bonchev–Trinajstić information content (AvgIpc) is 3.24. The smallest absolute Gasteiger partial charge is 0.252 e. The van der Waals surface area contributed by atoms with Gasteiger partial charge in [0.05, 0.1) is 6.42 Å². The summed E-state index contributed by atoms with van der Waals surface area (Å²) >= 11 is 1.24. The van der Waals surface area contributed by atoms with Gasteiger partial charge in [0.25, 0.3) is 10.0 Å². The molecule has 0 unspecified atom stereocenters. The Kier molecular flexibility index (Phi) is 6.46. The summed E-state index contributed by atoms with van der Waals surface area (Å²) in [6, 6.07) is 11.9. The van der Waals surface area contributed by atoms with Gasteiger partial charge in [-0.25, -0.2) is 8.42 Å². The van der Waals surface area contributed by atoms with E-state index < -0.39 is 10.0 Å². The number of thiophene rings is 1. The van der Waals surface area contributed by atoms with Crippen molar-refractivity contribution in [2.45, 2.75) is 36.8 Å². The maximum absolute atomic E-state index is 12.8. The van der Waals surface area contributed by atoms with Crippen molar-refractivity contribution in [3.8, 4) is 0 Å². The summed E-state index contributed by atoms with van der Waals surface area (Å²) in [6.07, 6.45) is 3.20. The Hall–Kier alpha value is -1.90. The molecule has 30 heavy (non-hydrogen) atoms. The molecule has 2 fully saturated rings. The Bertz CT molecular complexity index is 989. The Labute approximate surface area is 183 Å². The SMILES string of the molecule is Cc1cccc(N2CCN(C(=O)Cc3ccc(S(=O)(=O)N4CCCCC4)s3)CC2)c1. The van der Waals surface area contributed by atoms with Gasteiger partial charge >= 0.3 is 0 Å². The molecule has 162 valence electrons. The van der Waals surface area contributed by atoms with E-state index in [1.165, 1.54) is 22.6 Å². The second kappa shape index (κ2) is 9.08. The third-order valence-corrected chi connectivity index (χ3v) is 9.32. The van der Waals surface area contributed by atoms with Crippen molar-refractivity contribution in [2.24, 2.45) is 0 Å². The van der Waals surface area contributed by atoms with Crippen molar-refractivity contribution in [3.05, 3.63) is 46.8 Å². The van der Waals surface area contributed by atoms with Gasteiger partial charge in [-0.3, -0.25) is 4.79 Å². The molecule has 1 aromatic heterocycles. The third kappa shape index (κ3) is 4.71. The van der Waals surface area contributed by atoms with Gasteiger partial charge in [-0.15, -0.1) is 11.3 Å². The summed E-state index contributed by atoms with van der Waals surface area (Å²) in [4.78, 5) is 17.8. The Balaban J connectivity index is 1.34. The number of sulfonamides is 1. The predicted molar refractivity (Wildman–Crippen MR) is 121 cm³/mol. The van der Waals surface area contributed by atoms with Gasteiger partial charge in [0, 0.05) is 49.8 Å². The van der Waals surface area contributed by atoms with E-state index >= 15 is 0 Å². The van der Waals surface area contributed by atoms with Crippen LogP contribution in [0.25, 0.3) is 0 Å². The number of benzene rings is 1. The van der Waals surface area contributed by atoms with Crippen molar-refractivity contribution in [3.63, 3.8) is 0 Å². The number of anilines is 1. The summed E-state index contributed by atoms with van der Waals surface area (Å²) in [5, 5.41) is 0. The van der Waals surface area contributed by atoms with Crippen molar-refractivity contribution in [2.75, 3.05) is 44.2 Å². The molecular formula is C22H29N3O3S2. The average molecular weight is 448 g/mol. The van der Waals surface area contributed by atoms with E-state index in [9.17, 15) is 13.2 Å². The van der Waals surface area contributed by atoms with Crippen LogP contribution in [0.5, 0.6) is 0 Å². The van der Waals surface area contributed by atoms with Crippen LogP contribution in [0.4, 0.5) is 5.69 Å². The topological polar surface area (TPSA) is 60.9 Å². The summed E-state index contributed by atoms with van der Waals surface area (Å²) in [6.45, 7) is 6.29. The van der Waals surface area contributed by atoms with Gasteiger partial charge in [-0.05, 0) is 49.6 Å². The van der Waals surface area contributed by atoms with E-state index in [2.05, 4.69) is 36.1 Å². The van der Waals surface area contributed by atoms with Crippen LogP contribution in [-0.4, -0.2) is 62.8 Å². The number of nitrogens with zero attached hydrogens (tertiary/aromatic N) is 3. The number of hydrogen-bond acceptors (Lipinski definition) is 5. The zero-order valence-electron chi connectivity index (χ0n) is 17.4. The van der Waals surface area contributed by atoms with E-state index in [1.807, 2.05) is 4.90 Å². The lowest BCUT2D eigenvalue weighted by atomic mass is 10.2. The van der Waals surface area contributed by atoms with Crippen LogP contribution < -0.4 is 4.90 Å². The zero-order chi connectivity index (χ0) is 21.1. The predicted octanol–water partition coefficient (Wildman–Crippen LogP) is 3.12. The first-order valence-corrected chi connectivity index (χ1v) is 12.9. The van der Waals surface area contributed by atoms with Gasteiger partial charge in [0.1, 0.15) is 4.21 Å². The fraction of sp³-hybridized carbons (Fsp3) is 0.500. The highest BCUT2D eigenvalue weighted by Gasteiger charge is 2.28. The van der Waals surface area contributed by atoms with E-state index in [-0.39, 0.29) is 12.3 Å². The minimum absolute atomic E-state index is 0.0719. The molecule has 0 spiro atoms. The van der Waals surface area contributed by atoms with Crippen molar-refractivity contribution >= 4 is 33.0 Å². The Morgan fingerprint density at radius 3 is 2.40 bits per heavy atom. The standard InChI is InChI=1S/C22H29N3O3S2/c1-18-6-5-7-19(16-18)23-12-14-24(15-13-23)21(26)17-20-8-9-22(29-20)30(27,28)25-10-3-2-4-11-25/h5-9,16H,2-4,10-15,17H2,1H3. The number of rotatable bonds is 5. The molecule has 3 heterocycles. The van der Waals surface area contributed by atoms with E-state index in [0.29, 0.717) is 30.4 Å². The van der Waals surface area contributed by atoms with Crippen LogP contribution in [-0.2, 0) is 21.2 Å². The molecule has 0 N–H and O–H groups in total. The molecule has 2 aliphatic rings. The number of aryl methyl sites for hydroxylation is 1. The molecular weight excluding hydrogens is 418 g/mol. The minimum atomic E-state index is -3.42. The minimum Gasteiger partial charge on any atom is -0.368 e. The van der Waals surface area contributed by atoms with Gasteiger partial charge in [0.2, 0.25) is 5.91 Å². The van der Waals surface area contributed by atoms with E-state index in [1.54, 1.807) is 16.4 Å². The normalized spacial score (nSPS) is 18.6. The van der Waals surface area contributed by atoms with Crippen molar-refractivity contribution in [1.82, 2.24) is 9.21 Å². The fourth-order valence-electron chi connectivity index (χ4n) is 4.12. The van der Waals surface area contributed by atoms with Crippen molar-refractivity contribution in [1.29, 1.82) is 0 Å². The molecule has 0 bridgehead atoms. The molecule has 0 radical (unpaired) electrons. The second-order valence-corrected chi connectivity index (χ2v) is 11.4. The number of piperazine rings is 1. The number of carbonyl (C=O) groups excluding carboxylic acids is 1. The van der Waals surface area contributed by atoms with Crippen LogP contribution in [0.2, 0.25) is 0 Å². The lowest BCUT2D eigenvalue weighted by Gasteiger charge is -2.36. The molecule has 6 nitrogen and oxygen atoms in total. The third-order valence-electron chi connectivity index (χ3n) is 5.87. The van der Waals surface area contributed by atoms with Gasteiger partial charge in [-0.1, -0.05) is 18.6 Å². The number of hydrogen-bond donors (Lipinski definition) is 0. The molecule has 0 aliphatic carbocycles. The zero-order valence-corrected chi connectivity index (χ0v) is 19.1. The molecule has 0 saturated carbocycles. The molecule has 2 aliphatic heterocycles. The number of amides is 1. The number of carbonyl (C=O) groups is 1. The summed E-state index contributed by atoms with van der Waals surface area (Å²) in [5.41, 5.74) is 2.44. The van der Waals surface area contributed by atoms with Crippen LogP contribution in [0.3, 0.4) is 0 Å². The van der Waals surface area contributed by atoms with Crippen molar-refractivity contribution < 1.29 is 13.2 Å². The quantitative estimate of drug-likeness (QED) is 0.707. The lowest BCUT2D eigenvalue weighted by molar-refractivity contribution is -0.130. The van der Waals surface area contributed by atoms with Gasteiger partial charge < -0.3 is 9.80 Å². The first-order valence-electron chi connectivity index (χ1n) is 10.6. The molecule has 1 amide bonds. The summed E-state index contributed by atoms with van der Waals surface area (Å²) in [7, 11) is -3.42. The highest BCUT2D eigenvalue weighted by molar-refractivity contribution is 7.91. The molecule has 2 aromatic rings. The molecule has 2 saturated heterocycles. The lowest BCUT2D eigenvalue weighted by Crippen LogP contribution is -2.49. The molecule has 1 aromatic carbocycles. The Morgan fingerprint density at radius 1 is 0.967 bits per heavy atom. The highest BCUT2D eigenvalue weighted by Crippen LogP contribution is 2.28. The first-order chi connectivity index (χ1) is 14.4. The maximum Gasteiger partial charge on any atom is 0.252 e. The van der Waals surface area contributed by atoms with Gasteiger partial charge in [-0.2, -0.15) is 4.31 Å². The van der Waals surface area contributed by atoms with E-state index in [4.69, 9.17) is 0 Å². The first kappa shape index (κ1) is 21.3. The monoisotopic (exact) mass is 447 g/mol. The largest absolute Gasteiger partial charge is 0.368 e. The van der Waals surface area contributed by atoms with Gasteiger partial charge in [0.15, 0.2) is 0 Å². The van der Waals surface area contributed by atoms with Crippen LogP contribution in [0.1, 0.15) is 29.7 Å². The summed E-state index contributed by atoms with van der Waals surface area (Å²) in [5.74, 6) is 0.0719. The maximum atomic E-state index is 12.8. The summed E-state index contributed by atoms with van der Waals surface area (Å²) < 4.78 is 27.6. The molecule has 4 rings (SSSR count). The molecule has 8 heteroatoms. The molecule has 0 atom stereocenters.